The van der Waals surface area contributed by atoms with Gasteiger partial charge in [0.05, 0.1) is 11.3 Å². The quantitative estimate of drug-likeness (QED) is 0.453. The highest BCUT2D eigenvalue weighted by atomic mass is 16.2. The fraction of sp³-hybridized carbons (Fsp3) is 0.0556. The molecule has 2 heterocycles. The number of carbonyl (C=O) groups excluding carboxylic acids is 2. The Morgan fingerprint density at radius 1 is 1.19 bits per heavy atom. The Labute approximate surface area is 154 Å². The zero-order valence-electron chi connectivity index (χ0n) is 14.5. The van der Waals surface area contributed by atoms with Crippen LogP contribution in [0.25, 0.3) is 17.0 Å². The van der Waals surface area contributed by atoms with Gasteiger partial charge in [-0.2, -0.15) is 4.98 Å². The van der Waals surface area contributed by atoms with Gasteiger partial charge in [-0.05, 0) is 6.07 Å². The first-order valence-electron chi connectivity index (χ1n) is 7.95. The first kappa shape index (κ1) is 17.8. The van der Waals surface area contributed by atoms with Gasteiger partial charge in [0.2, 0.25) is 5.78 Å². The number of benzene rings is 1. The van der Waals surface area contributed by atoms with Crippen molar-refractivity contribution < 1.29 is 9.59 Å². The highest BCUT2D eigenvalue weighted by molar-refractivity contribution is 6.53. The van der Waals surface area contributed by atoms with Crippen LogP contribution in [0.3, 0.4) is 0 Å². The molecular weight excluding hydrogens is 346 g/mol. The molecule has 9 nitrogen and oxygen atoms in total. The molecule has 2 amide bonds. The fourth-order valence-corrected chi connectivity index (χ4v) is 2.49. The van der Waals surface area contributed by atoms with Gasteiger partial charge in [0, 0.05) is 31.2 Å². The van der Waals surface area contributed by atoms with Crippen LogP contribution in [0.4, 0.5) is 5.82 Å². The summed E-state index contributed by atoms with van der Waals surface area (Å²) in [4.78, 5) is 36.3. The Bertz CT molecular complexity index is 1070. The van der Waals surface area contributed by atoms with E-state index in [0.717, 1.165) is 17.5 Å². The summed E-state index contributed by atoms with van der Waals surface area (Å²) in [5.74, 6) is -0.844. The normalized spacial score (nSPS) is 12.2. The lowest BCUT2D eigenvalue weighted by Gasteiger charge is -2.08. The molecule has 27 heavy (non-hydrogen) atoms. The Balaban J connectivity index is 1.87. The molecule has 3 rings (SSSR count). The largest absolute Gasteiger partial charge is 0.404 e. The van der Waals surface area contributed by atoms with Crippen LogP contribution in [-0.2, 0) is 9.59 Å². The van der Waals surface area contributed by atoms with Crippen molar-refractivity contribution in [2.75, 3.05) is 12.4 Å². The van der Waals surface area contributed by atoms with Gasteiger partial charge in [0.25, 0.3) is 11.8 Å². The summed E-state index contributed by atoms with van der Waals surface area (Å²) in [6.45, 7) is 0. The molecule has 9 heteroatoms. The molecule has 0 aliphatic carbocycles. The molecule has 0 atom stereocenters. The minimum absolute atomic E-state index is 0.178. The molecule has 136 valence electrons. The number of nitrogens with one attached hydrogen (secondary N) is 1. The van der Waals surface area contributed by atoms with Crippen LogP contribution in [0.2, 0.25) is 0 Å². The number of primary amides is 1. The second-order valence-corrected chi connectivity index (χ2v) is 5.48. The molecule has 0 unspecified atom stereocenters. The molecule has 0 saturated carbocycles. The zero-order valence-corrected chi connectivity index (χ0v) is 14.5. The number of aliphatic imine (C=N–C) groups is 1. The van der Waals surface area contributed by atoms with Crippen LogP contribution in [0.5, 0.6) is 0 Å². The van der Waals surface area contributed by atoms with Gasteiger partial charge in [-0.1, -0.05) is 30.3 Å². The second kappa shape index (κ2) is 7.48. The fourth-order valence-electron chi connectivity index (χ4n) is 2.49. The second-order valence-electron chi connectivity index (χ2n) is 5.48. The number of imidazole rings is 1. The number of hydrogen-bond acceptors (Lipinski definition) is 6. The molecule has 1 aromatic carbocycles. The monoisotopic (exact) mass is 363 g/mol. The van der Waals surface area contributed by atoms with Crippen LogP contribution in [0.15, 0.2) is 65.6 Å². The van der Waals surface area contributed by atoms with Crippen LogP contribution in [0, 0.1) is 0 Å². The highest BCUT2D eigenvalue weighted by Crippen LogP contribution is 2.18. The van der Waals surface area contributed by atoms with Crippen molar-refractivity contribution in [3.8, 4) is 11.3 Å². The van der Waals surface area contributed by atoms with Gasteiger partial charge < -0.3 is 16.8 Å². The van der Waals surface area contributed by atoms with Gasteiger partial charge in [0.15, 0.2) is 0 Å². The Morgan fingerprint density at radius 3 is 2.56 bits per heavy atom. The van der Waals surface area contributed by atoms with Gasteiger partial charge >= 0.3 is 0 Å². The van der Waals surface area contributed by atoms with Gasteiger partial charge in [-0.15, -0.1) is 0 Å². The smallest absolute Gasteiger partial charge is 0.275 e. The van der Waals surface area contributed by atoms with E-state index in [4.69, 9.17) is 11.5 Å². The third kappa shape index (κ3) is 3.66. The van der Waals surface area contributed by atoms with Gasteiger partial charge in [0.1, 0.15) is 11.5 Å². The van der Waals surface area contributed by atoms with Crippen LogP contribution < -0.4 is 16.8 Å². The lowest BCUT2D eigenvalue weighted by Crippen LogP contribution is -2.31. The van der Waals surface area contributed by atoms with Crippen LogP contribution in [0.1, 0.15) is 0 Å². The standard InChI is InChI=1S/C18H17N7O2/c1-21-15(12(9-19)16(20)26)17(27)23-14-7-8-25-10-13(22-18(25)24-14)11-5-3-2-4-6-11/h2-10H,19H2,1H3,(H2,20,26)(H,22,23,24,27). The lowest BCUT2D eigenvalue weighted by atomic mass is 10.1. The number of rotatable bonds is 5. The summed E-state index contributed by atoms with van der Waals surface area (Å²) in [7, 11) is 1.36. The number of nitrogens with two attached hydrogens (primary N) is 2. The minimum Gasteiger partial charge on any atom is -0.404 e. The summed E-state index contributed by atoms with van der Waals surface area (Å²) in [6.07, 6.45) is 4.50. The molecule has 0 radical (unpaired) electrons. The predicted molar refractivity (Wildman–Crippen MR) is 102 cm³/mol. The molecule has 5 N–H and O–H groups in total. The molecule has 0 aliphatic rings. The van der Waals surface area contributed by atoms with E-state index in [9.17, 15) is 9.59 Å². The van der Waals surface area contributed by atoms with Crippen molar-refractivity contribution in [2.45, 2.75) is 0 Å². The van der Waals surface area contributed by atoms with Crippen molar-refractivity contribution in [1.29, 1.82) is 0 Å². The van der Waals surface area contributed by atoms with E-state index in [1.165, 1.54) is 7.05 Å². The van der Waals surface area contributed by atoms with Gasteiger partial charge in [-0.25, -0.2) is 4.98 Å². The average Bonchev–Trinajstić information content (AvgIpc) is 3.09. The molecule has 3 aromatic rings. The first-order valence-corrected chi connectivity index (χ1v) is 7.95. The summed E-state index contributed by atoms with van der Waals surface area (Å²) >= 11 is 0. The van der Waals surface area contributed by atoms with Crippen molar-refractivity contribution in [3.63, 3.8) is 0 Å². The van der Waals surface area contributed by atoms with E-state index >= 15 is 0 Å². The highest BCUT2D eigenvalue weighted by Gasteiger charge is 2.20. The topological polar surface area (TPSA) is 141 Å². The van der Waals surface area contributed by atoms with E-state index < -0.39 is 11.8 Å². The SMILES string of the molecule is CN=C(C(=O)Nc1ccn2cc(-c3ccccc3)nc2n1)C(=CN)C(N)=O. The number of nitrogens with zero attached hydrogens (tertiary/aromatic N) is 4. The maximum absolute atomic E-state index is 12.4. The Morgan fingerprint density at radius 2 is 1.93 bits per heavy atom. The number of anilines is 1. The molecule has 0 saturated heterocycles. The maximum Gasteiger partial charge on any atom is 0.275 e. The lowest BCUT2D eigenvalue weighted by molar-refractivity contribution is -0.115. The molecule has 0 bridgehead atoms. The summed E-state index contributed by atoms with van der Waals surface area (Å²) in [5.41, 5.74) is 11.9. The number of fused-ring (bicyclic) bond motifs is 1. The summed E-state index contributed by atoms with van der Waals surface area (Å²) < 4.78 is 1.74. The van der Waals surface area contributed by atoms with Crippen molar-refractivity contribution in [3.05, 3.63) is 60.6 Å². The van der Waals surface area contributed by atoms with Gasteiger partial charge in [-0.3, -0.25) is 19.0 Å². The van der Waals surface area contributed by atoms with Crippen molar-refractivity contribution >= 4 is 29.1 Å². The van der Waals surface area contributed by atoms with Crippen LogP contribution >= 0.6 is 0 Å². The van der Waals surface area contributed by atoms with E-state index in [1.807, 2.05) is 36.5 Å². The molecular formula is C18H17N7O2. The average molecular weight is 363 g/mol. The predicted octanol–water partition coefficient (Wildman–Crippen LogP) is 0.733. The molecule has 0 spiro atoms. The number of aromatic nitrogens is 3. The van der Waals surface area contributed by atoms with E-state index in [-0.39, 0.29) is 17.1 Å². The third-order valence-corrected chi connectivity index (χ3v) is 3.76. The number of carbonyl (C=O) groups is 2. The number of amides is 2. The molecule has 2 aromatic heterocycles. The van der Waals surface area contributed by atoms with Crippen molar-refractivity contribution in [1.82, 2.24) is 14.4 Å². The number of hydrogen-bond donors (Lipinski definition) is 3. The maximum atomic E-state index is 12.4. The first-order chi connectivity index (χ1) is 13.0. The van der Waals surface area contributed by atoms with E-state index in [0.29, 0.717) is 5.78 Å². The summed E-state index contributed by atoms with van der Waals surface area (Å²) in [5, 5.41) is 2.57. The Hall–Kier alpha value is -4.01. The van der Waals surface area contributed by atoms with Crippen LogP contribution in [-0.4, -0.2) is 38.9 Å². The Kier molecular flexibility index (Phi) is 4.93. The summed E-state index contributed by atoms with van der Waals surface area (Å²) in [6, 6.07) is 11.3. The van der Waals surface area contributed by atoms with Crippen molar-refractivity contribution in [2.24, 2.45) is 16.5 Å². The molecule has 0 aliphatic heterocycles. The minimum atomic E-state index is -0.850. The van der Waals surface area contributed by atoms with E-state index in [1.54, 1.807) is 16.7 Å². The molecule has 0 fully saturated rings. The third-order valence-electron chi connectivity index (χ3n) is 3.76. The van der Waals surface area contributed by atoms with E-state index in [2.05, 4.69) is 20.3 Å². The zero-order chi connectivity index (χ0) is 19.4.